The summed E-state index contributed by atoms with van der Waals surface area (Å²) in [6.07, 6.45) is 4.63. The summed E-state index contributed by atoms with van der Waals surface area (Å²) in [5.74, 6) is 0.121. The van der Waals surface area contributed by atoms with Crippen LogP contribution in [0.4, 0.5) is 0 Å². The van der Waals surface area contributed by atoms with Crippen LogP contribution in [0.2, 0.25) is 5.02 Å². The van der Waals surface area contributed by atoms with Crippen LogP contribution in [-0.2, 0) is 0 Å². The highest BCUT2D eigenvalue weighted by Gasteiger charge is 2.23. The number of rotatable bonds is 2. The fourth-order valence-electron chi connectivity index (χ4n) is 2.76. The highest BCUT2D eigenvalue weighted by molar-refractivity contribution is 7.17. The Bertz CT molecular complexity index is 675. The number of benzene rings is 1. The summed E-state index contributed by atoms with van der Waals surface area (Å²) in [6.45, 7) is 3.62. The van der Waals surface area contributed by atoms with Gasteiger partial charge in [-0.3, -0.25) is 4.79 Å². The van der Waals surface area contributed by atoms with E-state index in [1.165, 1.54) is 24.2 Å². The number of thiazole rings is 1. The minimum absolute atomic E-state index is 0.121. The molecule has 2 heterocycles. The number of likely N-dealkylation sites (tertiary alicyclic amines) is 1. The molecule has 3 rings (SSSR count). The second-order valence-corrected chi connectivity index (χ2v) is 7.03. The molecule has 1 fully saturated rings. The summed E-state index contributed by atoms with van der Waals surface area (Å²) in [5, 5.41) is 1.49. The van der Waals surface area contributed by atoms with Crippen molar-refractivity contribution in [1.29, 1.82) is 0 Å². The van der Waals surface area contributed by atoms with Crippen molar-refractivity contribution in [3.8, 4) is 10.6 Å². The molecule has 0 saturated carbocycles. The van der Waals surface area contributed by atoms with Crippen molar-refractivity contribution in [2.24, 2.45) is 0 Å². The minimum Gasteiger partial charge on any atom is -0.338 e. The summed E-state index contributed by atoms with van der Waals surface area (Å²) in [6, 6.07) is 7.63. The number of hydrogen-bond acceptors (Lipinski definition) is 3. The standard InChI is InChI=1S/C17H19ClN2OS/c1-12-15(17(21)20-10-6-2-3-7-11-20)22-16(19-12)13-8-4-5-9-14(13)18/h4-5,8-9H,2-3,6-7,10-11H2,1H3. The molecule has 1 aliphatic heterocycles. The highest BCUT2D eigenvalue weighted by atomic mass is 35.5. The molecule has 1 aromatic carbocycles. The molecule has 0 unspecified atom stereocenters. The Balaban J connectivity index is 1.89. The maximum absolute atomic E-state index is 12.8. The van der Waals surface area contributed by atoms with E-state index in [0.717, 1.165) is 47.1 Å². The van der Waals surface area contributed by atoms with Gasteiger partial charge in [0.2, 0.25) is 0 Å². The van der Waals surface area contributed by atoms with E-state index in [1.54, 1.807) is 0 Å². The Morgan fingerprint density at radius 1 is 1.18 bits per heavy atom. The number of carbonyl (C=O) groups excluding carboxylic acids is 1. The zero-order valence-electron chi connectivity index (χ0n) is 12.6. The quantitative estimate of drug-likeness (QED) is 0.791. The van der Waals surface area contributed by atoms with Crippen LogP contribution in [0.1, 0.15) is 41.0 Å². The Morgan fingerprint density at radius 2 is 1.86 bits per heavy atom. The molecular weight excluding hydrogens is 316 g/mol. The van der Waals surface area contributed by atoms with Gasteiger partial charge in [0.1, 0.15) is 9.88 Å². The number of aromatic nitrogens is 1. The second kappa shape index (κ2) is 6.80. The lowest BCUT2D eigenvalue weighted by atomic mass is 10.2. The van der Waals surface area contributed by atoms with Crippen LogP contribution >= 0.6 is 22.9 Å². The summed E-state index contributed by atoms with van der Waals surface area (Å²) in [4.78, 5) is 20.1. The minimum atomic E-state index is 0.121. The molecule has 0 aliphatic carbocycles. The molecular formula is C17H19ClN2OS. The normalized spacial score (nSPS) is 15.6. The van der Waals surface area contributed by atoms with Crippen LogP contribution in [0.25, 0.3) is 10.6 Å². The van der Waals surface area contributed by atoms with E-state index in [1.807, 2.05) is 36.1 Å². The van der Waals surface area contributed by atoms with E-state index >= 15 is 0 Å². The van der Waals surface area contributed by atoms with Gasteiger partial charge in [-0.25, -0.2) is 4.98 Å². The predicted molar refractivity (Wildman–Crippen MR) is 91.7 cm³/mol. The lowest BCUT2D eigenvalue weighted by Gasteiger charge is -2.19. The lowest BCUT2D eigenvalue weighted by Crippen LogP contribution is -2.31. The van der Waals surface area contributed by atoms with Crippen LogP contribution in [0.5, 0.6) is 0 Å². The summed E-state index contributed by atoms with van der Waals surface area (Å²) >= 11 is 7.69. The SMILES string of the molecule is Cc1nc(-c2ccccc2Cl)sc1C(=O)N1CCCCCC1. The van der Waals surface area contributed by atoms with Crippen LogP contribution < -0.4 is 0 Å². The molecule has 1 amide bonds. The third kappa shape index (κ3) is 3.18. The average molecular weight is 335 g/mol. The van der Waals surface area contributed by atoms with Gasteiger partial charge in [0.15, 0.2) is 0 Å². The molecule has 0 bridgehead atoms. The monoisotopic (exact) mass is 334 g/mol. The first-order valence-electron chi connectivity index (χ1n) is 7.68. The molecule has 116 valence electrons. The molecule has 1 saturated heterocycles. The first-order chi connectivity index (χ1) is 10.7. The van der Waals surface area contributed by atoms with E-state index in [0.29, 0.717) is 5.02 Å². The van der Waals surface area contributed by atoms with Crippen LogP contribution in [0.3, 0.4) is 0 Å². The van der Waals surface area contributed by atoms with Crippen molar-refractivity contribution in [2.75, 3.05) is 13.1 Å². The Morgan fingerprint density at radius 3 is 2.55 bits per heavy atom. The predicted octanol–water partition coefficient (Wildman–Crippen LogP) is 4.79. The number of amides is 1. The lowest BCUT2D eigenvalue weighted by molar-refractivity contribution is 0.0765. The molecule has 3 nitrogen and oxygen atoms in total. The molecule has 2 aromatic rings. The third-order valence-corrected chi connectivity index (χ3v) is 5.50. The Kier molecular flexibility index (Phi) is 4.79. The molecule has 5 heteroatoms. The smallest absolute Gasteiger partial charge is 0.265 e. The fourth-order valence-corrected chi connectivity index (χ4v) is 4.12. The van der Waals surface area contributed by atoms with Gasteiger partial charge >= 0.3 is 0 Å². The molecule has 0 spiro atoms. The van der Waals surface area contributed by atoms with Gasteiger partial charge < -0.3 is 4.90 Å². The first-order valence-corrected chi connectivity index (χ1v) is 8.88. The van der Waals surface area contributed by atoms with Gasteiger partial charge in [0.05, 0.1) is 10.7 Å². The largest absolute Gasteiger partial charge is 0.338 e. The molecule has 22 heavy (non-hydrogen) atoms. The van der Waals surface area contributed by atoms with Crippen LogP contribution in [0.15, 0.2) is 24.3 Å². The molecule has 0 N–H and O–H groups in total. The van der Waals surface area contributed by atoms with Crippen LogP contribution in [-0.4, -0.2) is 28.9 Å². The van der Waals surface area contributed by atoms with Crippen molar-refractivity contribution < 1.29 is 4.79 Å². The van der Waals surface area contributed by atoms with Crippen molar-refractivity contribution >= 4 is 28.8 Å². The van der Waals surface area contributed by atoms with Crippen molar-refractivity contribution in [3.05, 3.63) is 39.9 Å². The second-order valence-electron chi connectivity index (χ2n) is 5.62. The van der Waals surface area contributed by atoms with Gasteiger partial charge in [-0.1, -0.05) is 42.6 Å². The number of nitrogens with zero attached hydrogens (tertiary/aromatic N) is 2. The Hall–Kier alpha value is -1.39. The van der Waals surface area contributed by atoms with E-state index < -0.39 is 0 Å². The molecule has 0 radical (unpaired) electrons. The molecule has 1 aliphatic rings. The maximum atomic E-state index is 12.8. The van der Waals surface area contributed by atoms with Gasteiger partial charge in [-0.15, -0.1) is 11.3 Å². The van der Waals surface area contributed by atoms with Crippen molar-refractivity contribution in [2.45, 2.75) is 32.6 Å². The summed E-state index contributed by atoms with van der Waals surface area (Å²) < 4.78 is 0. The van der Waals surface area contributed by atoms with E-state index in [2.05, 4.69) is 4.98 Å². The molecule has 0 atom stereocenters. The number of carbonyl (C=O) groups is 1. The van der Waals surface area contributed by atoms with Gasteiger partial charge in [0, 0.05) is 18.7 Å². The molecule has 1 aromatic heterocycles. The van der Waals surface area contributed by atoms with E-state index in [4.69, 9.17) is 11.6 Å². The van der Waals surface area contributed by atoms with Crippen molar-refractivity contribution in [3.63, 3.8) is 0 Å². The van der Waals surface area contributed by atoms with E-state index in [-0.39, 0.29) is 5.91 Å². The highest BCUT2D eigenvalue weighted by Crippen LogP contribution is 2.33. The fraction of sp³-hybridized carbons (Fsp3) is 0.412. The van der Waals surface area contributed by atoms with Gasteiger partial charge in [-0.2, -0.15) is 0 Å². The van der Waals surface area contributed by atoms with Gasteiger partial charge in [-0.05, 0) is 25.8 Å². The topological polar surface area (TPSA) is 33.2 Å². The van der Waals surface area contributed by atoms with Crippen molar-refractivity contribution in [1.82, 2.24) is 9.88 Å². The van der Waals surface area contributed by atoms with Gasteiger partial charge in [0.25, 0.3) is 5.91 Å². The average Bonchev–Trinajstić information content (AvgIpc) is 2.74. The number of halogens is 1. The van der Waals surface area contributed by atoms with Crippen LogP contribution in [0, 0.1) is 6.92 Å². The number of aryl methyl sites for hydroxylation is 1. The summed E-state index contributed by atoms with van der Waals surface area (Å²) in [7, 11) is 0. The zero-order chi connectivity index (χ0) is 15.5. The zero-order valence-corrected chi connectivity index (χ0v) is 14.2. The Labute approximate surface area is 139 Å². The maximum Gasteiger partial charge on any atom is 0.265 e. The first kappa shape index (κ1) is 15.5. The number of hydrogen-bond donors (Lipinski definition) is 0. The van der Waals surface area contributed by atoms with E-state index in [9.17, 15) is 4.79 Å². The third-order valence-electron chi connectivity index (χ3n) is 3.99. The summed E-state index contributed by atoms with van der Waals surface area (Å²) in [5.41, 5.74) is 1.70.